The van der Waals surface area contributed by atoms with E-state index in [1.807, 2.05) is 48.5 Å². The lowest BCUT2D eigenvalue weighted by Gasteiger charge is -2.15. The summed E-state index contributed by atoms with van der Waals surface area (Å²) in [5.74, 6) is -0.702. The third kappa shape index (κ3) is 3.98. The molecule has 0 heterocycles. The number of ether oxygens (including phenoxy) is 1. The maximum Gasteiger partial charge on any atom is 0.312 e. The number of halogens is 1. The Morgan fingerprint density at radius 2 is 2.00 bits per heavy atom. The second kappa shape index (κ2) is 7.13. The van der Waals surface area contributed by atoms with Crippen LogP contribution >= 0.6 is 15.9 Å². The number of hydrogen-bond acceptors (Lipinski definition) is 3. The van der Waals surface area contributed by atoms with Gasteiger partial charge in [-0.1, -0.05) is 30.3 Å². The molecule has 0 bridgehead atoms. The van der Waals surface area contributed by atoms with E-state index in [9.17, 15) is 9.90 Å². The van der Waals surface area contributed by atoms with Gasteiger partial charge in [-0.25, -0.2) is 0 Å². The number of carboxylic acid groups (broad SMARTS) is 1. The van der Waals surface area contributed by atoms with Crippen LogP contribution in [0.25, 0.3) is 0 Å². The second-order valence-corrected chi connectivity index (χ2v) is 5.39. The highest BCUT2D eigenvalue weighted by Gasteiger charge is 2.19. The Hall–Kier alpha value is -2.01. The molecule has 0 saturated heterocycles. The van der Waals surface area contributed by atoms with Crippen molar-refractivity contribution in [2.24, 2.45) is 0 Å². The van der Waals surface area contributed by atoms with Crippen molar-refractivity contribution in [1.29, 1.82) is 0 Å². The van der Waals surface area contributed by atoms with E-state index in [0.29, 0.717) is 6.54 Å². The molecular formula is C16H16BrNO3. The Bertz CT molecular complexity index is 616. The van der Waals surface area contributed by atoms with Crippen LogP contribution in [0.3, 0.4) is 0 Å². The van der Waals surface area contributed by atoms with Gasteiger partial charge in [-0.3, -0.25) is 4.79 Å². The standard InChI is InChI=1S/C16H16BrNO3/c1-21-15-8-7-12(9-14(15)17)18-10-13(16(19)20)11-5-3-2-4-6-11/h2-9,13,18H,10H2,1H3,(H,19,20). The molecule has 2 rings (SSSR count). The number of anilines is 1. The first-order chi connectivity index (χ1) is 10.1. The molecule has 2 N–H and O–H groups in total. The van der Waals surface area contributed by atoms with Crippen LogP contribution in [0.2, 0.25) is 0 Å². The zero-order chi connectivity index (χ0) is 15.2. The maximum absolute atomic E-state index is 11.4. The Balaban J connectivity index is 2.09. The van der Waals surface area contributed by atoms with Gasteiger partial charge < -0.3 is 15.2 Å². The van der Waals surface area contributed by atoms with E-state index < -0.39 is 11.9 Å². The molecule has 0 spiro atoms. The average molecular weight is 350 g/mol. The molecule has 0 radical (unpaired) electrons. The zero-order valence-corrected chi connectivity index (χ0v) is 13.1. The third-order valence-electron chi connectivity index (χ3n) is 3.16. The van der Waals surface area contributed by atoms with E-state index >= 15 is 0 Å². The summed E-state index contributed by atoms with van der Waals surface area (Å²) < 4.78 is 5.99. The molecule has 0 aliphatic carbocycles. The van der Waals surface area contributed by atoms with Gasteiger partial charge >= 0.3 is 5.97 Å². The van der Waals surface area contributed by atoms with E-state index in [4.69, 9.17) is 4.74 Å². The van der Waals surface area contributed by atoms with Crippen molar-refractivity contribution < 1.29 is 14.6 Å². The Kier molecular flexibility index (Phi) is 5.22. The van der Waals surface area contributed by atoms with Crippen molar-refractivity contribution >= 4 is 27.6 Å². The highest BCUT2D eigenvalue weighted by atomic mass is 79.9. The number of methoxy groups -OCH3 is 1. The smallest absolute Gasteiger partial charge is 0.312 e. The van der Waals surface area contributed by atoms with Gasteiger partial charge in [-0.05, 0) is 39.7 Å². The van der Waals surface area contributed by atoms with E-state index in [0.717, 1.165) is 21.5 Å². The maximum atomic E-state index is 11.4. The molecule has 0 aliphatic rings. The minimum atomic E-state index is -0.846. The van der Waals surface area contributed by atoms with Gasteiger partial charge in [-0.2, -0.15) is 0 Å². The fraction of sp³-hybridized carbons (Fsp3) is 0.188. The van der Waals surface area contributed by atoms with Gasteiger partial charge in [0.25, 0.3) is 0 Å². The first kappa shape index (κ1) is 15.4. The molecule has 1 atom stereocenters. The number of hydrogen-bond donors (Lipinski definition) is 2. The molecule has 21 heavy (non-hydrogen) atoms. The first-order valence-electron chi connectivity index (χ1n) is 6.47. The van der Waals surface area contributed by atoms with E-state index in [1.54, 1.807) is 7.11 Å². The molecule has 0 aliphatic heterocycles. The molecule has 2 aromatic rings. The summed E-state index contributed by atoms with van der Waals surface area (Å²) in [7, 11) is 1.60. The lowest BCUT2D eigenvalue weighted by Crippen LogP contribution is -2.20. The number of aliphatic carboxylic acids is 1. The minimum absolute atomic E-state index is 0.318. The van der Waals surface area contributed by atoms with Crippen LogP contribution in [-0.2, 0) is 4.79 Å². The SMILES string of the molecule is COc1ccc(NCC(C(=O)O)c2ccccc2)cc1Br. The predicted octanol–water partition coefficient (Wildman–Crippen LogP) is 3.74. The van der Waals surface area contributed by atoms with Crippen LogP contribution in [0, 0.1) is 0 Å². The van der Waals surface area contributed by atoms with Gasteiger partial charge in [-0.15, -0.1) is 0 Å². The van der Waals surface area contributed by atoms with Gasteiger partial charge in [0, 0.05) is 12.2 Å². The van der Waals surface area contributed by atoms with Crippen LogP contribution in [-0.4, -0.2) is 24.7 Å². The van der Waals surface area contributed by atoms with Crippen molar-refractivity contribution in [2.45, 2.75) is 5.92 Å². The molecular weight excluding hydrogens is 334 g/mol. The fourth-order valence-electron chi connectivity index (χ4n) is 2.03. The Morgan fingerprint density at radius 3 is 2.57 bits per heavy atom. The van der Waals surface area contributed by atoms with E-state index in [-0.39, 0.29) is 0 Å². The predicted molar refractivity (Wildman–Crippen MR) is 86.0 cm³/mol. The van der Waals surface area contributed by atoms with Crippen LogP contribution in [0.5, 0.6) is 5.75 Å². The van der Waals surface area contributed by atoms with Crippen LogP contribution in [0.15, 0.2) is 53.0 Å². The minimum Gasteiger partial charge on any atom is -0.496 e. The molecule has 4 nitrogen and oxygen atoms in total. The number of benzene rings is 2. The summed E-state index contributed by atoms with van der Waals surface area (Å²) in [4.78, 5) is 11.4. The van der Waals surface area contributed by atoms with E-state index in [1.165, 1.54) is 0 Å². The second-order valence-electron chi connectivity index (χ2n) is 4.53. The van der Waals surface area contributed by atoms with Crippen LogP contribution in [0.4, 0.5) is 5.69 Å². The summed E-state index contributed by atoms with van der Waals surface area (Å²) in [6.45, 7) is 0.318. The van der Waals surface area contributed by atoms with Crippen LogP contribution in [0.1, 0.15) is 11.5 Å². The zero-order valence-electron chi connectivity index (χ0n) is 11.5. The van der Waals surface area contributed by atoms with Gasteiger partial charge in [0.1, 0.15) is 5.75 Å². The number of nitrogens with one attached hydrogen (secondary N) is 1. The first-order valence-corrected chi connectivity index (χ1v) is 7.26. The molecule has 0 aromatic heterocycles. The highest BCUT2D eigenvalue weighted by Crippen LogP contribution is 2.28. The molecule has 110 valence electrons. The molecule has 0 saturated carbocycles. The van der Waals surface area contributed by atoms with Crippen molar-refractivity contribution in [2.75, 3.05) is 19.0 Å². The normalized spacial score (nSPS) is 11.7. The van der Waals surface area contributed by atoms with Crippen LogP contribution < -0.4 is 10.1 Å². The quantitative estimate of drug-likeness (QED) is 0.833. The molecule has 0 fully saturated rings. The molecule has 0 amide bonds. The van der Waals surface area contributed by atoms with Crippen molar-refractivity contribution in [3.63, 3.8) is 0 Å². The van der Waals surface area contributed by atoms with Gasteiger partial charge in [0.15, 0.2) is 0 Å². The number of carboxylic acids is 1. The Labute approximate surface area is 131 Å². The third-order valence-corrected chi connectivity index (χ3v) is 3.78. The van der Waals surface area contributed by atoms with Crippen molar-refractivity contribution in [1.82, 2.24) is 0 Å². The molecule has 1 unspecified atom stereocenters. The fourth-order valence-corrected chi connectivity index (χ4v) is 2.57. The van der Waals surface area contributed by atoms with Crippen molar-refractivity contribution in [3.8, 4) is 5.75 Å². The van der Waals surface area contributed by atoms with Gasteiger partial charge in [0.05, 0.1) is 17.5 Å². The van der Waals surface area contributed by atoms with Gasteiger partial charge in [0.2, 0.25) is 0 Å². The largest absolute Gasteiger partial charge is 0.496 e. The lowest BCUT2D eigenvalue weighted by atomic mass is 9.99. The lowest BCUT2D eigenvalue weighted by molar-refractivity contribution is -0.138. The molecule has 2 aromatic carbocycles. The topological polar surface area (TPSA) is 58.6 Å². The molecule has 5 heteroatoms. The highest BCUT2D eigenvalue weighted by molar-refractivity contribution is 9.10. The summed E-state index contributed by atoms with van der Waals surface area (Å²) in [5, 5.41) is 12.5. The van der Waals surface area contributed by atoms with Crippen molar-refractivity contribution in [3.05, 3.63) is 58.6 Å². The monoisotopic (exact) mass is 349 g/mol. The Morgan fingerprint density at radius 1 is 1.29 bits per heavy atom. The number of rotatable bonds is 6. The average Bonchev–Trinajstić information content (AvgIpc) is 2.48. The summed E-state index contributed by atoms with van der Waals surface area (Å²) in [6, 6.07) is 14.7. The summed E-state index contributed by atoms with van der Waals surface area (Å²) >= 11 is 3.41. The van der Waals surface area contributed by atoms with E-state index in [2.05, 4.69) is 21.2 Å². The number of carbonyl (C=O) groups is 1. The summed E-state index contributed by atoms with van der Waals surface area (Å²) in [5.41, 5.74) is 1.62. The summed E-state index contributed by atoms with van der Waals surface area (Å²) in [6.07, 6.45) is 0.